The van der Waals surface area contributed by atoms with Crippen LogP contribution >= 0.6 is 0 Å². The maximum absolute atomic E-state index is 12.7. The summed E-state index contributed by atoms with van der Waals surface area (Å²) in [6, 6.07) is 12.9. The van der Waals surface area contributed by atoms with Crippen molar-refractivity contribution in [2.24, 2.45) is 0 Å². The van der Waals surface area contributed by atoms with Gasteiger partial charge in [0.15, 0.2) is 0 Å². The predicted molar refractivity (Wildman–Crippen MR) is 105 cm³/mol. The number of aryl methyl sites for hydroxylation is 2. The van der Waals surface area contributed by atoms with Crippen molar-refractivity contribution < 1.29 is 14.3 Å². The molecule has 1 fully saturated rings. The minimum atomic E-state index is -0.154. The van der Waals surface area contributed by atoms with Crippen LogP contribution in [0.4, 0.5) is 10.5 Å². The number of nitrogens with zero attached hydrogens (tertiary/aromatic N) is 2. The number of hydrogen-bond acceptors (Lipinski definition) is 3. The van der Waals surface area contributed by atoms with Gasteiger partial charge < -0.3 is 19.9 Å². The van der Waals surface area contributed by atoms with Gasteiger partial charge >= 0.3 is 6.03 Å². The molecule has 2 aromatic carbocycles. The monoisotopic (exact) mass is 367 g/mol. The first-order valence-corrected chi connectivity index (χ1v) is 9.04. The molecule has 0 spiro atoms. The minimum Gasteiger partial charge on any atom is -0.497 e. The Morgan fingerprint density at radius 2 is 1.44 bits per heavy atom. The van der Waals surface area contributed by atoms with E-state index >= 15 is 0 Å². The second-order valence-electron chi connectivity index (χ2n) is 6.81. The zero-order valence-corrected chi connectivity index (χ0v) is 16.0. The minimum absolute atomic E-state index is 0.0250. The Kier molecular flexibility index (Phi) is 5.64. The van der Waals surface area contributed by atoms with E-state index < -0.39 is 0 Å². The molecule has 142 valence electrons. The Balaban J connectivity index is 1.56. The topological polar surface area (TPSA) is 61.9 Å². The zero-order chi connectivity index (χ0) is 19.4. The van der Waals surface area contributed by atoms with Crippen LogP contribution in [0, 0.1) is 13.8 Å². The summed E-state index contributed by atoms with van der Waals surface area (Å²) in [4.78, 5) is 28.7. The van der Waals surface area contributed by atoms with E-state index in [1.165, 1.54) is 0 Å². The first kappa shape index (κ1) is 18.8. The summed E-state index contributed by atoms with van der Waals surface area (Å²) >= 11 is 0. The number of ether oxygens (including phenoxy) is 1. The van der Waals surface area contributed by atoms with Crippen LogP contribution in [0.15, 0.2) is 42.5 Å². The van der Waals surface area contributed by atoms with Crippen LogP contribution in [0.1, 0.15) is 21.5 Å². The van der Waals surface area contributed by atoms with Crippen LogP contribution in [0.3, 0.4) is 0 Å². The molecule has 0 unspecified atom stereocenters. The fourth-order valence-corrected chi connectivity index (χ4v) is 3.27. The van der Waals surface area contributed by atoms with Crippen molar-refractivity contribution in [2.75, 3.05) is 38.6 Å². The van der Waals surface area contributed by atoms with E-state index in [-0.39, 0.29) is 11.9 Å². The summed E-state index contributed by atoms with van der Waals surface area (Å²) < 4.78 is 5.12. The Bertz CT molecular complexity index is 805. The van der Waals surface area contributed by atoms with Crippen LogP contribution in [-0.4, -0.2) is 55.0 Å². The molecular formula is C21H25N3O3. The Morgan fingerprint density at radius 1 is 0.889 bits per heavy atom. The van der Waals surface area contributed by atoms with E-state index in [0.29, 0.717) is 31.7 Å². The molecule has 1 heterocycles. The van der Waals surface area contributed by atoms with Gasteiger partial charge in [0.25, 0.3) is 5.91 Å². The first-order valence-electron chi connectivity index (χ1n) is 9.04. The van der Waals surface area contributed by atoms with Crippen molar-refractivity contribution in [3.8, 4) is 5.75 Å². The lowest BCUT2D eigenvalue weighted by Crippen LogP contribution is -2.51. The summed E-state index contributed by atoms with van der Waals surface area (Å²) in [5.74, 6) is 0.767. The van der Waals surface area contributed by atoms with Crippen LogP contribution in [0.2, 0.25) is 0 Å². The summed E-state index contributed by atoms with van der Waals surface area (Å²) in [7, 11) is 1.60. The fourth-order valence-electron chi connectivity index (χ4n) is 3.27. The highest BCUT2D eigenvalue weighted by Gasteiger charge is 2.25. The van der Waals surface area contributed by atoms with Gasteiger partial charge in [-0.2, -0.15) is 0 Å². The van der Waals surface area contributed by atoms with Gasteiger partial charge in [-0.15, -0.1) is 0 Å². The number of rotatable bonds is 3. The summed E-state index contributed by atoms with van der Waals surface area (Å²) in [6.07, 6.45) is 0. The third kappa shape index (κ3) is 4.58. The maximum Gasteiger partial charge on any atom is 0.321 e. The Morgan fingerprint density at radius 3 is 2.00 bits per heavy atom. The largest absolute Gasteiger partial charge is 0.497 e. The number of benzene rings is 2. The summed E-state index contributed by atoms with van der Waals surface area (Å²) in [6.45, 7) is 6.07. The van der Waals surface area contributed by atoms with Gasteiger partial charge in [-0.25, -0.2) is 4.79 Å². The van der Waals surface area contributed by atoms with E-state index in [2.05, 4.69) is 11.4 Å². The molecule has 6 heteroatoms. The lowest BCUT2D eigenvalue weighted by Gasteiger charge is -2.34. The number of carbonyl (C=O) groups is 2. The third-order valence-corrected chi connectivity index (χ3v) is 4.66. The van der Waals surface area contributed by atoms with Crippen LogP contribution in [-0.2, 0) is 0 Å². The Labute approximate surface area is 159 Å². The van der Waals surface area contributed by atoms with Gasteiger partial charge in [0.2, 0.25) is 0 Å². The maximum atomic E-state index is 12.7. The molecule has 0 bridgehead atoms. The molecule has 1 N–H and O–H groups in total. The number of methoxy groups -OCH3 is 1. The second kappa shape index (κ2) is 8.12. The highest BCUT2D eigenvalue weighted by atomic mass is 16.5. The van der Waals surface area contributed by atoms with Crippen LogP contribution in [0.5, 0.6) is 5.75 Å². The molecule has 1 saturated heterocycles. The lowest BCUT2D eigenvalue weighted by molar-refractivity contribution is 0.0671. The summed E-state index contributed by atoms with van der Waals surface area (Å²) in [5.41, 5.74) is 3.59. The van der Waals surface area contributed by atoms with Gasteiger partial charge in [0, 0.05) is 37.4 Å². The predicted octanol–water partition coefficient (Wildman–Crippen LogP) is 3.30. The second-order valence-corrected chi connectivity index (χ2v) is 6.81. The molecule has 27 heavy (non-hydrogen) atoms. The average molecular weight is 367 g/mol. The highest BCUT2D eigenvalue weighted by molar-refractivity contribution is 5.95. The smallest absolute Gasteiger partial charge is 0.321 e. The van der Waals surface area contributed by atoms with Crippen molar-refractivity contribution in [3.63, 3.8) is 0 Å². The van der Waals surface area contributed by atoms with Gasteiger partial charge in [0.05, 0.1) is 7.11 Å². The number of nitrogens with one attached hydrogen (secondary N) is 1. The van der Waals surface area contributed by atoms with Crippen molar-refractivity contribution in [1.29, 1.82) is 0 Å². The fraction of sp³-hybridized carbons (Fsp3) is 0.333. The number of hydrogen-bond donors (Lipinski definition) is 1. The summed E-state index contributed by atoms with van der Waals surface area (Å²) in [5, 5.41) is 2.88. The van der Waals surface area contributed by atoms with Gasteiger partial charge in [-0.1, -0.05) is 17.2 Å². The number of carbonyl (C=O) groups excluding carboxylic acids is 2. The number of urea groups is 1. The molecule has 3 amide bonds. The molecule has 2 aromatic rings. The van der Waals surface area contributed by atoms with E-state index in [4.69, 9.17) is 4.74 Å². The van der Waals surface area contributed by atoms with Crippen molar-refractivity contribution in [2.45, 2.75) is 13.8 Å². The first-order chi connectivity index (χ1) is 13.0. The standard InChI is InChI=1S/C21H25N3O3/c1-15-12-16(2)14-17(13-15)20(25)23-8-10-24(11-9-23)21(26)22-18-4-6-19(27-3)7-5-18/h4-7,12-14H,8-11H2,1-3H3,(H,22,26). The number of piperazine rings is 1. The van der Waals surface area contributed by atoms with Crippen LogP contribution in [0.25, 0.3) is 0 Å². The number of amides is 3. The van der Waals surface area contributed by atoms with Gasteiger partial charge in [0.1, 0.15) is 5.75 Å². The number of anilines is 1. The molecule has 0 atom stereocenters. The molecule has 0 aliphatic carbocycles. The van der Waals surface area contributed by atoms with E-state index in [0.717, 1.165) is 22.6 Å². The van der Waals surface area contributed by atoms with Gasteiger partial charge in [-0.3, -0.25) is 4.79 Å². The Hall–Kier alpha value is -3.02. The lowest BCUT2D eigenvalue weighted by atomic mass is 10.1. The molecule has 1 aliphatic heterocycles. The molecule has 0 radical (unpaired) electrons. The average Bonchev–Trinajstić information content (AvgIpc) is 2.67. The quantitative estimate of drug-likeness (QED) is 0.905. The van der Waals surface area contributed by atoms with E-state index in [9.17, 15) is 9.59 Å². The van der Waals surface area contributed by atoms with Crippen molar-refractivity contribution in [3.05, 3.63) is 59.2 Å². The SMILES string of the molecule is COc1ccc(NC(=O)N2CCN(C(=O)c3cc(C)cc(C)c3)CC2)cc1. The molecular weight excluding hydrogens is 342 g/mol. The highest BCUT2D eigenvalue weighted by Crippen LogP contribution is 2.17. The van der Waals surface area contributed by atoms with Crippen molar-refractivity contribution in [1.82, 2.24) is 9.80 Å². The normalized spacial score (nSPS) is 14.0. The molecule has 0 saturated carbocycles. The van der Waals surface area contributed by atoms with E-state index in [1.807, 2.05) is 30.9 Å². The molecule has 1 aliphatic rings. The molecule has 6 nitrogen and oxygen atoms in total. The van der Waals surface area contributed by atoms with Crippen molar-refractivity contribution >= 4 is 17.6 Å². The zero-order valence-electron chi connectivity index (χ0n) is 16.0. The molecule has 0 aromatic heterocycles. The van der Waals surface area contributed by atoms with Crippen LogP contribution < -0.4 is 10.1 Å². The third-order valence-electron chi connectivity index (χ3n) is 4.66. The molecule has 3 rings (SSSR count). The van der Waals surface area contributed by atoms with Gasteiger partial charge in [-0.05, 0) is 50.2 Å². The van der Waals surface area contributed by atoms with E-state index in [1.54, 1.807) is 36.3 Å².